The Morgan fingerprint density at radius 1 is 1.04 bits per heavy atom. The highest BCUT2D eigenvalue weighted by Gasteiger charge is 2.21. The average Bonchev–Trinajstić information content (AvgIpc) is 3.57. The maximum Gasteiger partial charge on any atom is 0.320 e. The molecule has 2 heterocycles. The molecule has 0 bridgehead atoms. The van der Waals surface area contributed by atoms with Crippen LogP contribution in [0.15, 0.2) is 58.9 Å². The summed E-state index contributed by atoms with van der Waals surface area (Å²) in [5.41, 5.74) is 20.6. The Bertz CT molecular complexity index is 1760. The largest absolute Gasteiger partial charge is 0.490 e. The molecule has 4 aromatic rings. The normalized spacial score (nSPS) is 12.1. The quantitative estimate of drug-likeness (QED) is 0.0445. The van der Waals surface area contributed by atoms with Crippen LogP contribution in [-0.4, -0.2) is 59.6 Å². The summed E-state index contributed by atoms with van der Waals surface area (Å²) in [7, 11) is 0. The van der Waals surface area contributed by atoms with Gasteiger partial charge in [-0.3, -0.25) is 10.1 Å². The van der Waals surface area contributed by atoms with E-state index in [1.165, 1.54) is 23.1 Å². The summed E-state index contributed by atoms with van der Waals surface area (Å²) in [6.45, 7) is 0.424. The predicted molar refractivity (Wildman–Crippen MR) is 187 cm³/mol. The Balaban J connectivity index is 1.34. The number of ether oxygens (including phenoxy) is 2. The molecule has 0 fully saturated rings. The third kappa shape index (κ3) is 10.1. The average molecular weight is 707 g/mol. The van der Waals surface area contributed by atoms with Gasteiger partial charge in [-0.25, -0.2) is 9.97 Å². The molecule has 0 saturated carbocycles. The number of esters is 1. The van der Waals surface area contributed by atoms with E-state index in [4.69, 9.17) is 43.3 Å². The van der Waals surface area contributed by atoms with Crippen molar-refractivity contribution >= 4 is 46.5 Å². The molecule has 2 atom stereocenters. The molecule has 15 heteroatoms. The summed E-state index contributed by atoms with van der Waals surface area (Å²) >= 11 is 8.82. The Hall–Kier alpha value is -4.25. The van der Waals surface area contributed by atoms with Gasteiger partial charge in [-0.05, 0) is 49.2 Å². The van der Waals surface area contributed by atoms with E-state index >= 15 is 0 Å². The van der Waals surface area contributed by atoms with Crippen LogP contribution in [0.3, 0.4) is 0 Å². The molecule has 1 unspecified atom stereocenters. The zero-order chi connectivity index (χ0) is 34.5. The first kappa shape index (κ1) is 36.6. The second kappa shape index (κ2) is 18.3. The number of nitrogen functional groups attached to an aromatic ring is 1. The zero-order valence-electron chi connectivity index (χ0n) is 25.9. The standard InChI is InChI=1S/C33H35ClN8O4S2/c34-22-8-4-21(5-9-22)32-41-23(18-47-32)19-48-33-26(16-37)29(25(15-36)30(39)42-33)20-6-10-24(11-7-20)45-13-14-46-28(43)17-40-31(44)27(38)3-1-2-12-35/h4-11,18,27,31,40,44H,1-3,12-14,17,19,35,38H2,(H2,39,42)/t27-,31?/m0/s1. The highest BCUT2D eigenvalue weighted by molar-refractivity contribution is 7.98. The number of nitrogens with zero attached hydrogens (tertiary/aromatic N) is 4. The lowest BCUT2D eigenvalue weighted by Crippen LogP contribution is -2.47. The number of rotatable bonds is 17. The highest BCUT2D eigenvalue weighted by atomic mass is 35.5. The number of anilines is 1. The Morgan fingerprint density at radius 2 is 1.75 bits per heavy atom. The van der Waals surface area contributed by atoms with Gasteiger partial charge < -0.3 is 31.8 Å². The van der Waals surface area contributed by atoms with Crippen LogP contribution >= 0.6 is 34.7 Å². The first-order valence-electron chi connectivity index (χ1n) is 15.0. The van der Waals surface area contributed by atoms with E-state index in [9.17, 15) is 20.4 Å². The minimum absolute atomic E-state index is 0.0142. The summed E-state index contributed by atoms with van der Waals surface area (Å²) in [6.07, 6.45) is 1.15. The SMILES string of the molecule is N#Cc1c(N)nc(SCc2csc(-c3ccc(Cl)cc3)n2)c(C#N)c1-c1ccc(OCCOC(=O)CNC(O)[C@@H](N)CCCCN)cc1. The number of carbonyl (C=O) groups excluding carboxylic acids is 1. The fourth-order valence-corrected chi connectivity index (χ4v) is 6.48. The van der Waals surface area contributed by atoms with Crippen LogP contribution in [0.5, 0.6) is 5.75 Å². The number of aliphatic hydroxyl groups is 1. The molecule has 0 radical (unpaired) electrons. The van der Waals surface area contributed by atoms with Crippen LogP contribution in [0.2, 0.25) is 5.02 Å². The van der Waals surface area contributed by atoms with E-state index in [1.54, 1.807) is 24.3 Å². The molecule has 0 spiro atoms. The number of nitrogens with two attached hydrogens (primary N) is 3. The molecule has 0 aliphatic heterocycles. The molecule has 12 nitrogen and oxygen atoms in total. The molecule has 0 aliphatic rings. The fourth-order valence-electron chi connectivity index (χ4n) is 4.54. The number of carbonyl (C=O) groups is 1. The van der Waals surface area contributed by atoms with Crippen LogP contribution < -0.4 is 27.3 Å². The van der Waals surface area contributed by atoms with Crippen LogP contribution in [0.1, 0.15) is 36.1 Å². The summed E-state index contributed by atoms with van der Waals surface area (Å²) in [4.78, 5) is 21.1. The minimum atomic E-state index is -1.04. The number of aliphatic hydroxyl groups excluding tert-OH is 1. The van der Waals surface area contributed by atoms with E-state index in [1.807, 2.05) is 29.6 Å². The molecule has 2 aromatic heterocycles. The Kier molecular flexibility index (Phi) is 14.0. The van der Waals surface area contributed by atoms with Gasteiger partial charge in [0, 0.05) is 33.3 Å². The van der Waals surface area contributed by atoms with Gasteiger partial charge in [0.2, 0.25) is 0 Å². The topological polar surface area (TPSA) is 219 Å². The van der Waals surface area contributed by atoms with Gasteiger partial charge in [0.05, 0.1) is 17.8 Å². The summed E-state index contributed by atoms with van der Waals surface area (Å²) in [5, 5.41) is 36.6. The van der Waals surface area contributed by atoms with Crippen LogP contribution in [0.25, 0.3) is 21.7 Å². The summed E-state index contributed by atoms with van der Waals surface area (Å²) in [5.74, 6) is 0.385. The molecular weight excluding hydrogens is 672 g/mol. The lowest BCUT2D eigenvalue weighted by molar-refractivity contribution is -0.144. The zero-order valence-corrected chi connectivity index (χ0v) is 28.3. The monoisotopic (exact) mass is 706 g/mol. The van der Waals surface area contributed by atoms with Crippen LogP contribution in [0.4, 0.5) is 5.82 Å². The van der Waals surface area contributed by atoms with Crippen molar-refractivity contribution in [1.29, 1.82) is 10.5 Å². The van der Waals surface area contributed by atoms with Crippen molar-refractivity contribution in [3.05, 3.63) is 75.8 Å². The van der Waals surface area contributed by atoms with Crippen molar-refractivity contribution < 1.29 is 19.4 Å². The van der Waals surface area contributed by atoms with Crippen LogP contribution in [0, 0.1) is 22.7 Å². The van der Waals surface area contributed by atoms with E-state index in [-0.39, 0.29) is 36.7 Å². The number of nitrogens with one attached hydrogen (secondary N) is 1. The number of thiazole rings is 1. The number of hydrogen-bond donors (Lipinski definition) is 5. The molecule has 250 valence electrons. The lowest BCUT2D eigenvalue weighted by atomic mass is 9.97. The number of hydrogen-bond acceptors (Lipinski definition) is 14. The molecule has 2 aromatic carbocycles. The third-order valence-electron chi connectivity index (χ3n) is 7.03. The number of aromatic nitrogens is 2. The molecule has 0 aliphatic carbocycles. The third-order valence-corrected chi connectivity index (χ3v) is 9.23. The van der Waals surface area contributed by atoms with Crippen molar-refractivity contribution in [3.8, 4) is 39.6 Å². The molecule has 8 N–H and O–H groups in total. The van der Waals surface area contributed by atoms with Crippen LogP contribution in [-0.2, 0) is 15.3 Å². The number of halogens is 1. The van der Waals surface area contributed by atoms with E-state index in [0.717, 1.165) is 29.1 Å². The second-order valence-electron chi connectivity index (χ2n) is 10.5. The molecule has 48 heavy (non-hydrogen) atoms. The fraction of sp³-hybridized carbons (Fsp3) is 0.303. The number of unbranched alkanes of at least 4 members (excludes halogenated alkanes) is 1. The number of benzene rings is 2. The maximum absolute atomic E-state index is 12.0. The molecular formula is C33H35ClN8O4S2. The van der Waals surface area contributed by atoms with Gasteiger partial charge in [-0.2, -0.15) is 10.5 Å². The van der Waals surface area contributed by atoms with Crippen molar-refractivity contribution in [1.82, 2.24) is 15.3 Å². The van der Waals surface area contributed by atoms with Gasteiger partial charge in [-0.15, -0.1) is 11.3 Å². The van der Waals surface area contributed by atoms with Gasteiger partial charge >= 0.3 is 5.97 Å². The van der Waals surface area contributed by atoms with Gasteiger partial charge in [0.15, 0.2) is 0 Å². The van der Waals surface area contributed by atoms with E-state index < -0.39 is 18.2 Å². The smallest absolute Gasteiger partial charge is 0.320 e. The minimum Gasteiger partial charge on any atom is -0.490 e. The number of pyridine rings is 1. The van der Waals surface area contributed by atoms with Gasteiger partial charge in [0.1, 0.15) is 58.7 Å². The summed E-state index contributed by atoms with van der Waals surface area (Å²) in [6, 6.07) is 18.0. The molecule has 0 amide bonds. The lowest BCUT2D eigenvalue weighted by Gasteiger charge is -2.19. The van der Waals surface area contributed by atoms with Crippen molar-refractivity contribution in [2.75, 3.05) is 32.0 Å². The molecule has 0 saturated heterocycles. The first-order valence-corrected chi connectivity index (χ1v) is 17.2. The summed E-state index contributed by atoms with van der Waals surface area (Å²) < 4.78 is 10.8. The molecule has 4 rings (SSSR count). The van der Waals surface area contributed by atoms with Crippen molar-refractivity contribution in [2.45, 2.75) is 42.3 Å². The van der Waals surface area contributed by atoms with Gasteiger partial charge in [0.25, 0.3) is 0 Å². The van der Waals surface area contributed by atoms with Gasteiger partial charge in [-0.1, -0.05) is 54.0 Å². The highest BCUT2D eigenvalue weighted by Crippen LogP contribution is 2.37. The van der Waals surface area contributed by atoms with E-state index in [0.29, 0.717) is 45.6 Å². The number of nitriles is 2. The predicted octanol–water partition coefficient (Wildman–Crippen LogP) is 4.43. The Morgan fingerprint density at radius 3 is 2.44 bits per heavy atom. The first-order chi connectivity index (χ1) is 23.2. The van der Waals surface area contributed by atoms with E-state index in [2.05, 4.69) is 22.4 Å². The number of thioether (sulfide) groups is 1. The van der Waals surface area contributed by atoms with Crippen molar-refractivity contribution in [3.63, 3.8) is 0 Å². The Labute approximate surface area is 291 Å². The van der Waals surface area contributed by atoms with Crippen molar-refractivity contribution in [2.24, 2.45) is 11.5 Å². The second-order valence-corrected chi connectivity index (χ2v) is 12.7. The maximum atomic E-state index is 12.0.